The Kier molecular flexibility index (Phi) is 4.70. The van der Waals surface area contributed by atoms with Gasteiger partial charge in [0.25, 0.3) is 5.91 Å². The van der Waals surface area contributed by atoms with Gasteiger partial charge in [-0.2, -0.15) is 0 Å². The Morgan fingerprint density at radius 1 is 0.862 bits per heavy atom. The molecule has 0 bridgehead atoms. The van der Waals surface area contributed by atoms with Gasteiger partial charge in [0.15, 0.2) is 5.17 Å². The highest BCUT2D eigenvalue weighted by molar-refractivity contribution is 9.10. The van der Waals surface area contributed by atoms with E-state index in [2.05, 4.69) is 56.6 Å². The van der Waals surface area contributed by atoms with Crippen LogP contribution in [0, 0.1) is 0 Å². The molecule has 4 aromatic carbocycles. The lowest BCUT2D eigenvalue weighted by Gasteiger charge is -2.08. The molecular weight excluding hydrogens is 444 g/mol. The Labute approximate surface area is 180 Å². The van der Waals surface area contributed by atoms with Gasteiger partial charge in [-0.05, 0) is 69.2 Å². The highest BCUT2D eigenvalue weighted by Gasteiger charge is 2.24. The zero-order chi connectivity index (χ0) is 19.8. The van der Waals surface area contributed by atoms with Gasteiger partial charge < -0.3 is 5.32 Å². The second kappa shape index (κ2) is 7.50. The fourth-order valence-electron chi connectivity index (χ4n) is 3.48. The molecule has 1 N–H and O–H groups in total. The van der Waals surface area contributed by atoms with E-state index >= 15 is 0 Å². The molecule has 0 aliphatic carbocycles. The van der Waals surface area contributed by atoms with Crippen LogP contribution in [0.15, 0.2) is 93.2 Å². The van der Waals surface area contributed by atoms with Crippen LogP contribution in [-0.2, 0) is 4.79 Å². The molecular formula is C24H15BrN2OS. The summed E-state index contributed by atoms with van der Waals surface area (Å²) >= 11 is 4.82. The SMILES string of the molecule is O=C1NC(=Nc2cccc(Br)c2)S/C1=C\c1c2ccccc2cc2ccccc12. The number of carbonyl (C=O) groups excluding carboxylic acids is 1. The molecule has 0 saturated carbocycles. The van der Waals surface area contributed by atoms with Crippen LogP contribution in [0.2, 0.25) is 0 Å². The van der Waals surface area contributed by atoms with Crippen molar-refractivity contribution in [3.05, 3.63) is 93.8 Å². The topological polar surface area (TPSA) is 41.5 Å². The van der Waals surface area contributed by atoms with Crippen LogP contribution in [-0.4, -0.2) is 11.1 Å². The predicted octanol–water partition coefficient (Wildman–Crippen LogP) is 6.65. The summed E-state index contributed by atoms with van der Waals surface area (Å²) < 4.78 is 0.951. The number of carbonyl (C=O) groups is 1. The van der Waals surface area contributed by atoms with Crippen molar-refractivity contribution in [2.24, 2.45) is 4.99 Å². The zero-order valence-electron chi connectivity index (χ0n) is 15.2. The van der Waals surface area contributed by atoms with Gasteiger partial charge in [-0.25, -0.2) is 4.99 Å². The van der Waals surface area contributed by atoms with Crippen LogP contribution in [0.3, 0.4) is 0 Å². The molecule has 3 nitrogen and oxygen atoms in total. The van der Waals surface area contributed by atoms with E-state index in [0.29, 0.717) is 10.1 Å². The molecule has 4 aromatic rings. The average molecular weight is 459 g/mol. The van der Waals surface area contributed by atoms with Crippen LogP contribution >= 0.6 is 27.7 Å². The molecule has 140 valence electrons. The van der Waals surface area contributed by atoms with Gasteiger partial charge in [0.05, 0.1) is 10.6 Å². The minimum atomic E-state index is -0.124. The number of hydrogen-bond donors (Lipinski definition) is 1. The van der Waals surface area contributed by atoms with E-state index in [1.807, 2.05) is 54.6 Å². The highest BCUT2D eigenvalue weighted by Crippen LogP contribution is 2.34. The first-order valence-electron chi connectivity index (χ1n) is 9.13. The maximum absolute atomic E-state index is 12.6. The third-order valence-corrected chi connectivity index (χ3v) is 6.18. The van der Waals surface area contributed by atoms with E-state index in [4.69, 9.17) is 0 Å². The summed E-state index contributed by atoms with van der Waals surface area (Å²) in [6, 6.07) is 26.4. The van der Waals surface area contributed by atoms with E-state index in [1.54, 1.807) is 0 Å². The Balaban J connectivity index is 1.61. The molecule has 1 fully saturated rings. The fraction of sp³-hybridized carbons (Fsp3) is 0. The Bertz CT molecular complexity index is 1290. The summed E-state index contributed by atoms with van der Waals surface area (Å²) in [5.74, 6) is -0.124. The Morgan fingerprint density at radius 3 is 2.24 bits per heavy atom. The number of amides is 1. The number of aliphatic imine (C=N–C) groups is 1. The molecule has 1 saturated heterocycles. The van der Waals surface area contributed by atoms with Crippen LogP contribution < -0.4 is 5.32 Å². The second-order valence-electron chi connectivity index (χ2n) is 6.69. The molecule has 0 unspecified atom stereocenters. The molecule has 0 atom stereocenters. The molecule has 1 aliphatic heterocycles. The average Bonchev–Trinajstić information content (AvgIpc) is 3.06. The summed E-state index contributed by atoms with van der Waals surface area (Å²) in [6.45, 7) is 0. The second-order valence-corrected chi connectivity index (χ2v) is 8.64. The smallest absolute Gasteiger partial charge is 0.264 e. The number of nitrogens with one attached hydrogen (secondary N) is 1. The lowest BCUT2D eigenvalue weighted by atomic mass is 9.96. The molecule has 0 radical (unpaired) electrons. The first kappa shape index (κ1) is 18.2. The number of halogens is 1. The van der Waals surface area contributed by atoms with E-state index in [0.717, 1.165) is 37.3 Å². The first-order valence-corrected chi connectivity index (χ1v) is 10.7. The van der Waals surface area contributed by atoms with Crippen molar-refractivity contribution in [2.75, 3.05) is 0 Å². The van der Waals surface area contributed by atoms with E-state index in [-0.39, 0.29) is 5.91 Å². The van der Waals surface area contributed by atoms with E-state index in [1.165, 1.54) is 11.8 Å². The number of rotatable bonds is 2. The third kappa shape index (κ3) is 3.59. The third-order valence-electron chi connectivity index (χ3n) is 4.78. The van der Waals surface area contributed by atoms with Gasteiger partial charge in [0.2, 0.25) is 0 Å². The summed E-state index contributed by atoms with van der Waals surface area (Å²) in [7, 11) is 0. The fourth-order valence-corrected chi connectivity index (χ4v) is 4.69. The molecule has 5 heteroatoms. The summed E-state index contributed by atoms with van der Waals surface area (Å²) in [6.07, 6.45) is 1.98. The number of fused-ring (bicyclic) bond motifs is 2. The summed E-state index contributed by atoms with van der Waals surface area (Å²) in [5.41, 5.74) is 1.85. The highest BCUT2D eigenvalue weighted by atomic mass is 79.9. The van der Waals surface area contributed by atoms with Crippen molar-refractivity contribution < 1.29 is 4.79 Å². The molecule has 0 spiro atoms. The first-order chi connectivity index (χ1) is 14.2. The monoisotopic (exact) mass is 458 g/mol. The Morgan fingerprint density at radius 2 is 1.55 bits per heavy atom. The standard InChI is InChI=1S/C24H15BrN2OS/c25-17-8-5-9-18(13-17)26-24-27-23(28)22(29-24)14-21-19-10-3-1-6-15(19)12-16-7-2-4-11-20(16)21/h1-14H,(H,26,27,28)/b22-14-. The number of thioether (sulfide) groups is 1. The molecule has 5 rings (SSSR count). The van der Waals surface area contributed by atoms with Gasteiger partial charge in [-0.15, -0.1) is 0 Å². The molecule has 29 heavy (non-hydrogen) atoms. The van der Waals surface area contributed by atoms with Gasteiger partial charge in [0.1, 0.15) is 0 Å². The number of benzene rings is 4. The van der Waals surface area contributed by atoms with Crippen molar-refractivity contribution >= 4 is 72.1 Å². The van der Waals surface area contributed by atoms with Crippen LogP contribution in [0.25, 0.3) is 27.6 Å². The predicted molar refractivity (Wildman–Crippen MR) is 126 cm³/mol. The van der Waals surface area contributed by atoms with E-state index in [9.17, 15) is 4.79 Å². The number of nitrogens with zero attached hydrogens (tertiary/aromatic N) is 1. The van der Waals surface area contributed by atoms with Crippen molar-refractivity contribution in [3.8, 4) is 0 Å². The van der Waals surface area contributed by atoms with Crippen LogP contribution in [0.5, 0.6) is 0 Å². The minimum absolute atomic E-state index is 0.124. The van der Waals surface area contributed by atoms with Crippen molar-refractivity contribution in [1.29, 1.82) is 0 Å². The lowest BCUT2D eigenvalue weighted by Crippen LogP contribution is -2.19. The van der Waals surface area contributed by atoms with Gasteiger partial charge >= 0.3 is 0 Å². The van der Waals surface area contributed by atoms with Crippen LogP contribution in [0.1, 0.15) is 5.56 Å². The molecule has 1 heterocycles. The number of hydrogen-bond acceptors (Lipinski definition) is 3. The van der Waals surface area contributed by atoms with Gasteiger partial charge in [-0.3, -0.25) is 4.79 Å². The maximum atomic E-state index is 12.6. The molecule has 0 aromatic heterocycles. The molecule has 1 aliphatic rings. The maximum Gasteiger partial charge on any atom is 0.264 e. The number of amidine groups is 1. The van der Waals surface area contributed by atoms with Gasteiger partial charge in [0, 0.05) is 4.47 Å². The molecule has 1 amide bonds. The van der Waals surface area contributed by atoms with Crippen molar-refractivity contribution in [3.63, 3.8) is 0 Å². The van der Waals surface area contributed by atoms with Gasteiger partial charge in [-0.1, -0.05) is 70.5 Å². The van der Waals surface area contributed by atoms with Crippen molar-refractivity contribution in [2.45, 2.75) is 0 Å². The zero-order valence-corrected chi connectivity index (χ0v) is 17.6. The lowest BCUT2D eigenvalue weighted by molar-refractivity contribution is -0.115. The summed E-state index contributed by atoms with van der Waals surface area (Å²) in [4.78, 5) is 17.8. The quantitative estimate of drug-likeness (QED) is 0.270. The largest absolute Gasteiger partial charge is 0.300 e. The minimum Gasteiger partial charge on any atom is -0.300 e. The van der Waals surface area contributed by atoms with Crippen molar-refractivity contribution in [1.82, 2.24) is 5.32 Å². The van der Waals surface area contributed by atoms with E-state index < -0.39 is 0 Å². The normalized spacial score (nSPS) is 16.8. The summed E-state index contributed by atoms with van der Waals surface area (Å²) in [5, 5.41) is 8.04. The van der Waals surface area contributed by atoms with Crippen LogP contribution in [0.4, 0.5) is 5.69 Å². The Hall–Kier alpha value is -2.89.